The van der Waals surface area contributed by atoms with Crippen LogP contribution >= 0.6 is 0 Å². The summed E-state index contributed by atoms with van der Waals surface area (Å²) in [5.74, 6) is 0. The number of rotatable bonds is 0. The smallest absolute Gasteiger partial charge is 0.367 e. The first-order chi connectivity index (χ1) is 2.71. The molecule has 1 aliphatic rings. The quantitative estimate of drug-likeness (QED) is 0.459. The molecule has 0 aromatic carbocycles. The Kier molecular flexibility index (Phi) is 3.07. The second kappa shape index (κ2) is 2.63. The van der Waals surface area contributed by atoms with Crippen molar-refractivity contribution < 1.29 is 51.2 Å². The van der Waals surface area contributed by atoms with Gasteiger partial charge in [-0.1, -0.05) is 0 Å². The Morgan fingerprint density at radius 1 is 1.29 bits per heavy atom. The van der Waals surface area contributed by atoms with Gasteiger partial charge in [-0.25, -0.2) is 0 Å². The van der Waals surface area contributed by atoms with Gasteiger partial charge in [0.25, 0.3) is 0 Å². The van der Waals surface area contributed by atoms with Gasteiger partial charge >= 0.3 is 9.05 Å². The van der Waals surface area contributed by atoms with Crippen LogP contribution in [0.2, 0.25) is 0 Å². The first kappa shape index (κ1) is 8.16. The molecule has 39 valence electrons. The second-order valence-electron chi connectivity index (χ2n) is 0.955. The average molecular weight is 197 g/mol. The van der Waals surface area contributed by atoms with Gasteiger partial charge in [0.1, 0.15) is 6.79 Å². The molecule has 0 saturated carbocycles. The van der Waals surface area contributed by atoms with E-state index in [1.54, 1.807) is 0 Å². The Balaban J connectivity index is 0.000000360. The third kappa shape index (κ3) is 2.27. The van der Waals surface area contributed by atoms with Crippen molar-refractivity contribution in [1.82, 2.24) is 0 Å². The van der Waals surface area contributed by atoms with Crippen LogP contribution in [0.1, 0.15) is 0 Å². The molecule has 0 atom stereocenters. The van der Waals surface area contributed by atoms with E-state index in [9.17, 15) is 0 Å². The zero-order valence-electron chi connectivity index (χ0n) is 3.50. The fourth-order valence-corrected chi connectivity index (χ4v) is 0.493. The maximum atomic E-state index is 8.16. The second-order valence-corrected chi connectivity index (χ2v) is 2.63. The van der Waals surface area contributed by atoms with Gasteiger partial charge in [-0.15, -0.1) is 0 Å². The van der Waals surface area contributed by atoms with E-state index in [1.165, 1.54) is 0 Å². The van der Waals surface area contributed by atoms with E-state index in [-0.39, 0.29) is 39.5 Å². The first-order valence-corrected chi connectivity index (χ1v) is 3.14. The minimum Gasteiger partial charge on any atom is -0.367 e. The largest absolute Gasteiger partial charge is 0.677 e. The molecule has 0 bridgehead atoms. The standard InChI is InChI=1S/CH4O4Si.Y/c2-6(3)4-1-5-6;/h2-3H,1H2;. The van der Waals surface area contributed by atoms with Crippen molar-refractivity contribution in [3.63, 3.8) is 0 Å². The van der Waals surface area contributed by atoms with Crippen LogP contribution in [-0.4, -0.2) is 25.4 Å². The van der Waals surface area contributed by atoms with Crippen molar-refractivity contribution in [2.75, 3.05) is 6.79 Å². The van der Waals surface area contributed by atoms with Crippen molar-refractivity contribution in [3.05, 3.63) is 0 Å². The van der Waals surface area contributed by atoms with Crippen LogP contribution in [0.15, 0.2) is 0 Å². The summed E-state index contributed by atoms with van der Waals surface area (Å²) in [6.45, 7) is 0.0270. The van der Waals surface area contributed by atoms with Crippen LogP contribution in [0.5, 0.6) is 0 Å². The van der Waals surface area contributed by atoms with Crippen molar-refractivity contribution in [2.24, 2.45) is 0 Å². The Morgan fingerprint density at radius 2 is 1.57 bits per heavy atom. The Morgan fingerprint density at radius 3 is 1.57 bits per heavy atom. The fourth-order valence-electron chi connectivity index (χ4n) is 0.164. The van der Waals surface area contributed by atoms with Crippen LogP contribution < -0.4 is 0 Å². The molecule has 1 radical (unpaired) electrons. The maximum absolute atomic E-state index is 8.16. The molecular weight excluding hydrogens is 193 g/mol. The molecule has 0 unspecified atom stereocenters. The minimum atomic E-state index is -3.45. The van der Waals surface area contributed by atoms with Gasteiger partial charge < -0.3 is 18.4 Å². The molecular formula is CH4O4SiY. The molecule has 1 saturated heterocycles. The molecule has 1 heterocycles. The van der Waals surface area contributed by atoms with E-state index in [1.807, 2.05) is 0 Å². The average Bonchev–Trinajstić information content (AvgIpc) is 1.32. The molecule has 7 heavy (non-hydrogen) atoms. The zero-order valence-corrected chi connectivity index (χ0v) is 7.33. The molecule has 2 N–H and O–H groups in total. The van der Waals surface area contributed by atoms with E-state index in [0.717, 1.165) is 0 Å². The van der Waals surface area contributed by atoms with Crippen LogP contribution in [-0.2, 0) is 41.6 Å². The molecule has 0 aliphatic carbocycles. The SMILES string of the molecule is O[Si]1(O)OCO1.[Y]. The van der Waals surface area contributed by atoms with E-state index < -0.39 is 9.05 Å². The molecule has 0 spiro atoms. The molecule has 0 aromatic rings. The van der Waals surface area contributed by atoms with Gasteiger partial charge in [0, 0.05) is 32.7 Å². The molecule has 1 rings (SSSR count). The molecule has 0 amide bonds. The van der Waals surface area contributed by atoms with Gasteiger partial charge in [0.15, 0.2) is 0 Å². The van der Waals surface area contributed by atoms with Gasteiger partial charge in [-0.2, -0.15) is 0 Å². The number of hydrogen-bond donors (Lipinski definition) is 2. The van der Waals surface area contributed by atoms with E-state index in [4.69, 9.17) is 9.59 Å². The predicted molar refractivity (Wildman–Crippen MR) is 17.2 cm³/mol. The maximum Gasteiger partial charge on any atom is 0.677 e. The molecule has 4 nitrogen and oxygen atoms in total. The summed E-state index contributed by atoms with van der Waals surface area (Å²) in [6, 6.07) is 0. The topological polar surface area (TPSA) is 58.9 Å². The summed E-state index contributed by atoms with van der Waals surface area (Å²) in [7, 11) is -3.45. The van der Waals surface area contributed by atoms with E-state index in [0.29, 0.717) is 0 Å². The van der Waals surface area contributed by atoms with Crippen LogP contribution in [0.25, 0.3) is 0 Å². The summed E-state index contributed by atoms with van der Waals surface area (Å²) >= 11 is 0. The molecule has 0 aromatic heterocycles. The van der Waals surface area contributed by atoms with Crippen molar-refractivity contribution >= 4 is 9.05 Å². The van der Waals surface area contributed by atoms with Gasteiger partial charge in [-0.3, -0.25) is 0 Å². The third-order valence-corrected chi connectivity index (χ3v) is 1.48. The molecule has 6 heteroatoms. The zero-order chi connectivity index (χ0) is 4.62. The fraction of sp³-hybridized carbons (Fsp3) is 1.00. The minimum absolute atomic E-state index is 0. The van der Waals surface area contributed by atoms with Crippen molar-refractivity contribution in [2.45, 2.75) is 0 Å². The van der Waals surface area contributed by atoms with Crippen LogP contribution in [0, 0.1) is 0 Å². The summed E-state index contributed by atoms with van der Waals surface area (Å²) in [4.78, 5) is 16.3. The first-order valence-electron chi connectivity index (χ1n) is 1.43. The summed E-state index contributed by atoms with van der Waals surface area (Å²) < 4.78 is 8.29. The monoisotopic (exact) mass is 197 g/mol. The van der Waals surface area contributed by atoms with Gasteiger partial charge in [-0.05, 0) is 0 Å². The van der Waals surface area contributed by atoms with Crippen molar-refractivity contribution in [1.29, 1.82) is 0 Å². The summed E-state index contributed by atoms with van der Waals surface area (Å²) in [5.41, 5.74) is 0. The normalized spacial score (nSPS) is 24.9. The summed E-state index contributed by atoms with van der Waals surface area (Å²) in [5, 5.41) is 0. The Labute approximate surface area is 66.8 Å². The van der Waals surface area contributed by atoms with Crippen LogP contribution in [0.3, 0.4) is 0 Å². The predicted octanol–water partition coefficient (Wildman–Crippen LogP) is -1.59. The van der Waals surface area contributed by atoms with E-state index in [2.05, 4.69) is 8.85 Å². The third-order valence-electron chi connectivity index (χ3n) is 0.494. The van der Waals surface area contributed by atoms with E-state index >= 15 is 0 Å². The van der Waals surface area contributed by atoms with Gasteiger partial charge in [0.2, 0.25) is 0 Å². The number of hydrogen-bond acceptors (Lipinski definition) is 4. The summed E-state index contributed by atoms with van der Waals surface area (Å²) in [6.07, 6.45) is 0. The molecule has 1 aliphatic heterocycles. The van der Waals surface area contributed by atoms with Crippen LogP contribution in [0.4, 0.5) is 0 Å². The Hall–Kier alpha value is 1.16. The van der Waals surface area contributed by atoms with Gasteiger partial charge in [0.05, 0.1) is 0 Å². The molecule has 1 fully saturated rings. The van der Waals surface area contributed by atoms with Crippen molar-refractivity contribution in [3.8, 4) is 0 Å². The Bertz CT molecular complexity index is 58.7.